The lowest BCUT2D eigenvalue weighted by Gasteiger charge is -2.07. The van der Waals surface area contributed by atoms with Gasteiger partial charge >= 0.3 is 0 Å². The summed E-state index contributed by atoms with van der Waals surface area (Å²) < 4.78 is 1.13. The number of carbonyl (C=O) groups excluding carboxylic acids is 1. The molecular weight excluding hydrogens is 270 g/mol. The number of nitrogens with one attached hydrogen (secondary N) is 2. The van der Waals surface area contributed by atoms with Crippen LogP contribution in [0.15, 0.2) is 46.0 Å². The summed E-state index contributed by atoms with van der Waals surface area (Å²) in [5, 5.41) is 5.16. The molecule has 6 nitrogen and oxygen atoms in total. The lowest BCUT2D eigenvalue weighted by Crippen LogP contribution is -2.29. The molecule has 0 saturated heterocycles. The standard InChI is InChI=1S/C15H17N3O3/c1-2-11-4-3-5-12(10-11)16-13(19)8-9-18-15(21)7-6-14(20)17-18/h3-7,10H,2,8-9H2,1H3,(H,16,19)(H,17,20). The smallest absolute Gasteiger partial charge is 0.265 e. The highest BCUT2D eigenvalue weighted by Crippen LogP contribution is 2.11. The summed E-state index contributed by atoms with van der Waals surface area (Å²) in [7, 11) is 0. The highest BCUT2D eigenvalue weighted by atomic mass is 16.2. The van der Waals surface area contributed by atoms with Gasteiger partial charge in [0.15, 0.2) is 0 Å². The minimum absolute atomic E-state index is 0.107. The van der Waals surface area contributed by atoms with Crippen LogP contribution in [0.25, 0.3) is 0 Å². The average Bonchev–Trinajstić information content (AvgIpc) is 2.48. The molecule has 0 unspecified atom stereocenters. The number of aryl methyl sites for hydroxylation is 2. The Labute approximate surface area is 121 Å². The van der Waals surface area contributed by atoms with Crippen molar-refractivity contribution in [3.8, 4) is 0 Å². The maximum Gasteiger partial charge on any atom is 0.265 e. The molecule has 0 aliphatic rings. The molecule has 0 aliphatic carbocycles. The number of aromatic nitrogens is 2. The summed E-state index contributed by atoms with van der Waals surface area (Å²) in [6.45, 7) is 2.17. The maximum absolute atomic E-state index is 11.9. The van der Waals surface area contributed by atoms with Gasteiger partial charge in [-0.25, -0.2) is 4.68 Å². The summed E-state index contributed by atoms with van der Waals surface area (Å²) in [5.41, 5.74) is 1.16. The van der Waals surface area contributed by atoms with Crippen LogP contribution in [0.3, 0.4) is 0 Å². The van der Waals surface area contributed by atoms with Gasteiger partial charge in [-0.1, -0.05) is 19.1 Å². The van der Waals surface area contributed by atoms with Crippen molar-refractivity contribution in [2.75, 3.05) is 5.32 Å². The van der Waals surface area contributed by atoms with Gasteiger partial charge in [-0.15, -0.1) is 0 Å². The molecule has 1 amide bonds. The summed E-state index contributed by atoms with van der Waals surface area (Å²) >= 11 is 0. The minimum atomic E-state index is -0.370. The molecule has 2 rings (SSSR count). The Kier molecular flexibility index (Phi) is 4.71. The molecule has 0 aliphatic heterocycles. The van der Waals surface area contributed by atoms with Crippen LogP contribution in [0.5, 0.6) is 0 Å². The fourth-order valence-corrected chi connectivity index (χ4v) is 1.93. The van der Waals surface area contributed by atoms with Gasteiger partial charge < -0.3 is 5.32 Å². The van der Waals surface area contributed by atoms with Gasteiger partial charge in [-0.3, -0.25) is 19.5 Å². The third-order valence-electron chi connectivity index (χ3n) is 3.07. The number of H-pyrrole nitrogens is 1. The largest absolute Gasteiger partial charge is 0.326 e. The molecule has 0 saturated carbocycles. The molecular formula is C15H17N3O3. The third kappa shape index (κ3) is 4.17. The van der Waals surface area contributed by atoms with E-state index in [2.05, 4.69) is 10.4 Å². The van der Waals surface area contributed by atoms with Crippen LogP contribution in [-0.2, 0) is 17.8 Å². The number of nitrogens with zero attached hydrogens (tertiary/aromatic N) is 1. The van der Waals surface area contributed by atoms with Gasteiger partial charge in [0.2, 0.25) is 5.91 Å². The molecule has 2 N–H and O–H groups in total. The zero-order valence-corrected chi connectivity index (χ0v) is 11.8. The number of anilines is 1. The molecule has 0 spiro atoms. The minimum Gasteiger partial charge on any atom is -0.326 e. The van der Waals surface area contributed by atoms with Crippen molar-refractivity contribution in [2.24, 2.45) is 0 Å². The molecule has 6 heteroatoms. The molecule has 0 radical (unpaired) electrons. The van der Waals surface area contributed by atoms with Crippen molar-refractivity contribution in [2.45, 2.75) is 26.3 Å². The number of carbonyl (C=O) groups is 1. The third-order valence-corrected chi connectivity index (χ3v) is 3.07. The molecule has 0 fully saturated rings. The van der Waals surface area contributed by atoms with E-state index in [0.29, 0.717) is 0 Å². The maximum atomic E-state index is 11.9. The van der Waals surface area contributed by atoms with Gasteiger partial charge in [-0.05, 0) is 24.1 Å². The van der Waals surface area contributed by atoms with Crippen LogP contribution in [0.2, 0.25) is 0 Å². The van der Waals surface area contributed by atoms with E-state index in [1.807, 2.05) is 31.2 Å². The van der Waals surface area contributed by atoms with E-state index in [1.54, 1.807) is 0 Å². The van der Waals surface area contributed by atoms with Crippen molar-refractivity contribution in [3.05, 3.63) is 62.7 Å². The molecule has 2 aromatic rings. The first kappa shape index (κ1) is 14.8. The van der Waals surface area contributed by atoms with Crippen LogP contribution in [0.1, 0.15) is 18.9 Å². The van der Waals surface area contributed by atoms with E-state index >= 15 is 0 Å². The van der Waals surface area contributed by atoms with E-state index in [9.17, 15) is 14.4 Å². The number of benzene rings is 1. The first-order chi connectivity index (χ1) is 10.1. The monoisotopic (exact) mass is 287 g/mol. The van der Waals surface area contributed by atoms with Crippen LogP contribution >= 0.6 is 0 Å². The molecule has 110 valence electrons. The molecule has 21 heavy (non-hydrogen) atoms. The van der Waals surface area contributed by atoms with E-state index in [1.165, 1.54) is 6.07 Å². The Morgan fingerprint density at radius 1 is 1.24 bits per heavy atom. The summed E-state index contributed by atoms with van der Waals surface area (Å²) in [5.74, 6) is -0.208. The summed E-state index contributed by atoms with van der Waals surface area (Å²) in [6.07, 6.45) is 1.00. The lowest BCUT2D eigenvalue weighted by atomic mass is 10.1. The second kappa shape index (κ2) is 6.69. The quantitative estimate of drug-likeness (QED) is 0.864. The van der Waals surface area contributed by atoms with Gasteiger partial charge in [0.25, 0.3) is 11.1 Å². The normalized spacial score (nSPS) is 10.3. The van der Waals surface area contributed by atoms with Gasteiger partial charge in [0.05, 0.1) is 6.54 Å². The van der Waals surface area contributed by atoms with E-state index in [-0.39, 0.29) is 30.0 Å². The first-order valence-electron chi connectivity index (χ1n) is 6.77. The number of aromatic amines is 1. The van der Waals surface area contributed by atoms with Crippen LogP contribution < -0.4 is 16.4 Å². The first-order valence-corrected chi connectivity index (χ1v) is 6.77. The second-order valence-electron chi connectivity index (χ2n) is 4.65. The fraction of sp³-hybridized carbons (Fsp3) is 0.267. The lowest BCUT2D eigenvalue weighted by molar-refractivity contribution is -0.116. The van der Waals surface area contributed by atoms with Gasteiger partial charge in [-0.2, -0.15) is 0 Å². The topological polar surface area (TPSA) is 84.0 Å². The molecule has 0 bridgehead atoms. The average molecular weight is 287 g/mol. The van der Waals surface area contributed by atoms with Crippen molar-refractivity contribution in [3.63, 3.8) is 0 Å². The number of rotatable bonds is 5. The Morgan fingerprint density at radius 3 is 2.81 bits per heavy atom. The zero-order valence-electron chi connectivity index (χ0n) is 11.8. The highest BCUT2D eigenvalue weighted by Gasteiger charge is 2.05. The molecule has 1 aromatic carbocycles. The van der Waals surface area contributed by atoms with Crippen molar-refractivity contribution in [1.82, 2.24) is 9.78 Å². The van der Waals surface area contributed by atoms with Gasteiger partial charge in [0, 0.05) is 24.2 Å². The zero-order chi connectivity index (χ0) is 15.2. The van der Waals surface area contributed by atoms with Crippen LogP contribution in [-0.4, -0.2) is 15.7 Å². The summed E-state index contributed by atoms with van der Waals surface area (Å²) in [6, 6.07) is 9.94. The predicted octanol–water partition coefficient (Wildman–Crippen LogP) is 1.13. The fourth-order valence-electron chi connectivity index (χ4n) is 1.93. The number of amides is 1. The SMILES string of the molecule is CCc1cccc(NC(=O)CCn2[nH]c(=O)ccc2=O)c1. The number of hydrogen-bond donors (Lipinski definition) is 2. The Bertz CT molecular complexity index is 746. The summed E-state index contributed by atoms with van der Waals surface area (Å²) in [4.78, 5) is 34.5. The molecule has 1 heterocycles. The van der Waals surface area contributed by atoms with Crippen molar-refractivity contribution < 1.29 is 4.79 Å². The van der Waals surface area contributed by atoms with E-state index in [0.717, 1.165) is 28.4 Å². The number of hydrogen-bond acceptors (Lipinski definition) is 3. The molecule has 0 atom stereocenters. The van der Waals surface area contributed by atoms with Crippen molar-refractivity contribution in [1.29, 1.82) is 0 Å². The Balaban J connectivity index is 1.97. The van der Waals surface area contributed by atoms with Gasteiger partial charge in [0.1, 0.15) is 0 Å². The van der Waals surface area contributed by atoms with E-state index < -0.39 is 0 Å². The Morgan fingerprint density at radius 2 is 2.05 bits per heavy atom. The van der Waals surface area contributed by atoms with Crippen LogP contribution in [0.4, 0.5) is 5.69 Å². The molecule has 1 aromatic heterocycles. The Hall–Kier alpha value is -2.63. The highest BCUT2D eigenvalue weighted by molar-refractivity contribution is 5.90. The second-order valence-corrected chi connectivity index (χ2v) is 4.65. The van der Waals surface area contributed by atoms with Crippen LogP contribution in [0, 0.1) is 0 Å². The predicted molar refractivity (Wildman–Crippen MR) is 80.4 cm³/mol. The van der Waals surface area contributed by atoms with E-state index in [4.69, 9.17) is 0 Å². The van der Waals surface area contributed by atoms with Crippen molar-refractivity contribution >= 4 is 11.6 Å².